The molecule has 0 atom stereocenters. The van der Waals surface area contributed by atoms with Crippen LogP contribution in [0.25, 0.3) is 21.8 Å². The maximum atomic E-state index is 12.8. The standard InChI is InChI=1S/C27H31N5O3/c33-13-12-32-10-8-31(9-11-32)7-6-28-18-23-24(34)15-21(16-25(23)35)22-14-20-4-3-19-2-1-5-29-26(19)27(20)30-17-22/h1-5,14,17-18,21,28,33H,6-13,15-16H2. The van der Waals surface area contributed by atoms with Crippen LogP contribution < -0.4 is 5.32 Å². The van der Waals surface area contributed by atoms with Crippen molar-refractivity contribution in [3.8, 4) is 0 Å². The van der Waals surface area contributed by atoms with Crippen LogP contribution in [-0.4, -0.2) is 88.9 Å². The SMILES string of the molecule is O=C1CC(c2cnc3c(ccc4cccnc43)c2)CC(=O)C1=CNCCN1CCN(CCO)CC1. The molecular formula is C27H31N5O3. The molecule has 1 aromatic carbocycles. The van der Waals surface area contributed by atoms with Crippen LogP contribution in [0.3, 0.4) is 0 Å². The number of carbonyl (C=O) groups excluding carboxylic acids is 2. The van der Waals surface area contributed by atoms with Crippen molar-refractivity contribution in [1.29, 1.82) is 0 Å². The van der Waals surface area contributed by atoms with Gasteiger partial charge in [0.2, 0.25) is 0 Å². The zero-order valence-corrected chi connectivity index (χ0v) is 19.8. The van der Waals surface area contributed by atoms with Gasteiger partial charge in [-0.3, -0.25) is 29.4 Å². The first-order valence-electron chi connectivity index (χ1n) is 12.3. The highest BCUT2D eigenvalue weighted by Crippen LogP contribution is 2.33. The van der Waals surface area contributed by atoms with E-state index in [-0.39, 0.29) is 29.7 Å². The predicted octanol–water partition coefficient (Wildman–Crippen LogP) is 1.88. The summed E-state index contributed by atoms with van der Waals surface area (Å²) in [6, 6.07) is 9.99. The Balaban J connectivity index is 1.18. The van der Waals surface area contributed by atoms with E-state index in [9.17, 15) is 9.59 Å². The summed E-state index contributed by atoms with van der Waals surface area (Å²) in [6.07, 6.45) is 5.78. The van der Waals surface area contributed by atoms with Gasteiger partial charge in [0.15, 0.2) is 11.6 Å². The Labute approximate surface area is 204 Å². The van der Waals surface area contributed by atoms with Crippen LogP contribution >= 0.6 is 0 Å². The summed E-state index contributed by atoms with van der Waals surface area (Å²) in [4.78, 5) is 39.4. The van der Waals surface area contributed by atoms with Gasteiger partial charge < -0.3 is 10.4 Å². The van der Waals surface area contributed by atoms with Gasteiger partial charge in [-0.2, -0.15) is 0 Å². The van der Waals surface area contributed by atoms with Gasteiger partial charge in [-0.1, -0.05) is 18.2 Å². The van der Waals surface area contributed by atoms with Crippen molar-refractivity contribution >= 4 is 33.4 Å². The summed E-state index contributed by atoms with van der Waals surface area (Å²) in [5.74, 6) is -0.382. The first-order valence-corrected chi connectivity index (χ1v) is 12.3. The average Bonchev–Trinajstić information content (AvgIpc) is 2.88. The number of aliphatic hydroxyl groups is 1. The minimum Gasteiger partial charge on any atom is -0.395 e. The molecule has 0 radical (unpaired) electrons. The van der Waals surface area contributed by atoms with Crippen LogP contribution in [0.15, 0.2) is 54.5 Å². The number of carbonyl (C=O) groups is 2. The zero-order valence-electron chi connectivity index (χ0n) is 19.8. The molecule has 35 heavy (non-hydrogen) atoms. The van der Waals surface area contributed by atoms with Crippen LogP contribution in [0.2, 0.25) is 0 Å². The van der Waals surface area contributed by atoms with Crippen LogP contribution in [-0.2, 0) is 9.59 Å². The molecule has 182 valence electrons. The average molecular weight is 474 g/mol. The van der Waals surface area contributed by atoms with E-state index in [0.29, 0.717) is 19.4 Å². The van der Waals surface area contributed by atoms with Crippen molar-refractivity contribution in [2.75, 3.05) is 52.4 Å². The molecule has 5 rings (SSSR count). The van der Waals surface area contributed by atoms with E-state index in [1.165, 1.54) is 0 Å². The number of aliphatic hydroxyl groups excluding tert-OH is 1. The number of fused-ring (bicyclic) bond motifs is 3. The van der Waals surface area contributed by atoms with Gasteiger partial charge in [0.25, 0.3) is 0 Å². The molecule has 2 aromatic heterocycles. The third kappa shape index (κ3) is 5.24. The van der Waals surface area contributed by atoms with E-state index >= 15 is 0 Å². The Bertz CT molecular complexity index is 1250. The minimum absolute atomic E-state index is 0.114. The number of benzene rings is 1. The van der Waals surface area contributed by atoms with Gasteiger partial charge in [0.1, 0.15) is 0 Å². The highest BCUT2D eigenvalue weighted by Gasteiger charge is 2.31. The largest absolute Gasteiger partial charge is 0.395 e. The zero-order chi connectivity index (χ0) is 24.2. The van der Waals surface area contributed by atoms with Crippen molar-refractivity contribution in [2.45, 2.75) is 18.8 Å². The molecule has 0 spiro atoms. The monoisotopic (exact) mass is 473 g/mol. The lowest BCUT2D eigenvalue weighted by molar-refractivity contribution is -0.124. The number of pyridine rings is 2. The van der Waals surface area contributed by atoms with E-state index < -0.39 is 0 Å². The fraction of sp³-hybridized carbons (Fsp3) is 0.407. The van der Waals surface area contributed by atoms with E-state index in [0.717, 1.165) is 66.6 Å². The summed E-state index contributed by atoms with van der Waals surface area (Å²) in [7, 11) is 0. The normalized spacial score (nSPS) is 20.0. The van der Waals surface area contributed by atoms with Crippen LogP contribution in [0, 0.1) is 0 Å². The molecule has 2 fully saturated rings. The van der Waals surface area contributed by atoms with Crippen molar-refractivity contribution in [3.63, 3.8) is 0 Å². The second kappa shape index (κ2) is 10.6. The summed E-state index contributed by atoms with van der Waals surface area (Å²) in [6.45, 7) is 6.30. The second-order valence-corrected chi connectivity index (χ2v) is 9.35. The Hall–Kier alpha value is -3.20. The molecule has 3 heterocycles. The number of β-amino-alcohol motifs (C(OH)–C–C–N with tert-alkyl or cyclic N) is 1. The number of hydrogen-bond donors (Lipinski definition) is 2. The number of ketones is 2. The van der Waals surface area contributed by atoms with E-state index in [1.807, 2.05) is 30.3 Å². The Morgan fingerprint density at radius 1 is 0.943 bits per heavy atom. The van der Waals surface area contributed by atoms with Gasteiger partial charge in [0, 0.05) is 88.0 Å². The topological polar surface area (TPSA) is 98.7 Å². The van der Waals surface area contributed by atoms with Crippen molar-refractivity contribution < 1.29 is 14.7 Å². The summed E-state index contributed by atoms with van der Waals surface area (Å²) in [5.41, 5.74) is 2.88. The molecule has 2 aliphatic rings. The Morgan fingerprint density at radius 3 is 2.37 bits per heavy atom. The van der Waals surface area contributed by atoms with Crippen LogP contribution in [0.5, 0.6) is 0 Å². The lowest BCUT2D eigenvalue weighted by atomic mass is 9.80. The number of Topliss-reactive ketones (excluding diaryl/α,β-unsaturated/α-hetero) is 2. The summed E-state index contributed by atoms with van der Waals surface area (Å²) in [5, 5.41) is 14.2. The minimum atomic E-state index is -0.154. The first-order chi connectivity index (χ1) is 17.1. The lowest BCUT2D eigenvalue weighted by Crippen LogP contribution is -2.48. The molecule has 2 N–H and O–H groups in total. The van der Waals surface area contributed by atoms with E-state index in [1.54, 1.807) is 18.6 Å². The molecule has 1 saturated heterocycles. The fourth-order valence-corrected chi connectivity index (χ4v) is 5.04. The Kier molecular flexibility index (Phi) is 7.13. The molecule has 0 amide bonds. The lowest BCUT2D eigenvalue weighted by Gasteiger charge is -2.34. The molecule has 1 aliphatic carbocycles. The third-order valence-electron chi connectivity index (χ3n) is 7.08. The molecule has 0 unspecified atom stereocenters. The number of aromatic nitrogens is 2. The third-order valence-corrected chi connectivity index (χ3v) is 7.08. The molecule has 0 bridgehead atoms. The van der Waals surface area contributed by atoms with E-state index in [4.69, 9.17) is 5.11 Å². The van der Waals surface area contributed by atoms with Crippen molar-refractivity contribution in [2.24, 2.45) is 0 Å². The number of rotatable bonds is 7. The van der Waals surface area contributed by atoms with Crippen LogP contribution in [0.1, 0.15) is 24.3 Å². The van der Waals surface area contributed by atoms with Crippen molar-refractivity contribution in [3.05, 3.63) is 60.1 Å². The number of piperazine rings is 1. The molecular weight excluding hydrogens is 442 g/mol. The van der Waals surface area contributed by atoms with Gasteiger partial charge in [-0.05, 0) is 23.6 Å². The number of allylic oxidation sites excluding steroid dienone is 1. The predicted molar refractivity (Wildman–Crippen MR) is 135 cm³/mol. The molecule has 8 heteroatoms. The van der Waals surface area contributed by atoms with Gasteiger partial charge >= 0.3 is 0 Å². The summed E-state index contributed by atoms with van der Waals surface area (Å²) >= 11 is 0. The molecule has 8 nitrogen and oxygen atoms in total. The smallest absolute Gasteiger partial charge is 0.168 e. The summed E-state index contributed by atoms with van der Waals surface area (Å²) < 4.78 is 0. The maximum absolute atomic E-state index is 12.8. The quantitative estimate of drug-likeness (QED) is 0.232. The van der Waals surface area contributed by atoms with Gasteiger partial charge in [-0.15, -0.1) is 0 Å². The maximum Gasteiger partial charge on any atom is 0.168 e. The Morgan fingerprint density at radius 2 is 1.63 bits per heavy atom. The van der Waals surface area contributed by atoms with Gasteiger partial charge in [-0.25, -0.2) is 0 Å². The second-order valence-electron chi connectivity index (χ2n) is 9.35. The highest BCUT2D eigenvalue weighted by molar-refractivity contribution is 6.22. The molecule has 1 aliphatic heterocycles. The molecule has 1 saturated carbocycles. The number of hydrogen-bond acceptors (Lipinski definition) is 8. The van der Waals surface area contributed by atoms with Gasteiger partial charge in [0.05, 0.1) is 23.2 Å². The fourth-order valence-electron chi connectivity index (χ4n) is 5.04. The highest BCUT2D eigenvalue weighted by atomic mass is 16.3. The van der Waals surface area contributed by atoms with Crippen LogP contribution in [0.4, 0.5) is 0 Å². The number of nitrogens with zero attached hydrogens (tertiary/aromatic N) is 4. The number of nitrogens with one attached hydrogen (secondary N) is 1. The van der Waals surface area contributed by atoms with Crippen molar-refractivity contribution in [1.82, 2.24) is 25.1 Å². The first kappa shape index (κ1) is 23.5. The van der Waals surface area contributed by atoms with E-state index in [2.05, 4.69) is 25.1 Å². The molecule has 3 aromatic rings.